The molecule has 47 heavy (non-hydrogen) atoms. The van der Waals surface area contributed by atoms with Gasteiger partial charge in [-0.3, -0.25) is 33.8 Å². The van der Waals surface area contributed by atoms with Crippen LogP contribution in [-0.2, 0) is 24.0 Å². The molecule has 0 bridgehead atoms. The van der Waals surface area contributed by atoms with Gasteiger partial charge in [-0.05, 0) is 55.3 Å². The van der Waals surface area contributed by atoms with Crippen LogP contribution in [0.4, 0.5) is 0 Å². The molecule has 1 aromatic heterocycles. The first kappa shape index (κ1) is 36.5. The van der Waals surface area contributed by atoms with Crippen molar-refractivity contribution in [3.8, 4) is 0 Å². The lowest BCUT2D eigenvalue weighted by Crippen LogP contribution is -2.58. The third-order valence-electron chi connectivity index (χ3n) is 10.8. The van der Waals surface area contributed by atoms with Gasteiger partial charge in [-0.15, -0.1) is 0 Å². The van der Waals surface area contributed by atoms with E-state index in [-0.39, 0.29) is 66.1 Å². The van der Waals surface area contributed by atoms with Crippen LogP contribution < -0.4 is 5.32 Å². The maximum absolute atomic E-state index is 14.6. The van der Waals surface area contributed by atoms with Gasteiger partial charge in [0.25, 0.3) is 0 Å². The Kier molecular flexibility index (Phi) is 12.6. The standard InChI is InChI=1S/C37H54N4O6/c1-6-12-24(33(45)29(42)7-2)19-31(44)32-26-16-11-15-25(26)22-41(32)36(47)34(37(3,4)5)40-35(46)27(23-13-9-8-10-14-23)20-30(43)28-21-38-17-18-39-28/h17-18,21,23-27,32,34H,6-16,19-20,22H2,1-5H3,(H,40,46)/t24-,25+,26+,27+,32+,34?/m1/s1. The second-order valence-corrected chi connectivity index (χ2v) is 15.1. The largest absolute Gasteiger partial charge is 0.344 e. The van der Waals surface area contributed by atoms with E-state index >= 15 is 0 Å². The molecule has 2 amide bonds. The van der Waals surface area contributed by atoms with Gasteiger partial charge in [0.2, 0.25) is 17.6 Å². The van der Waals surface area contributed by atoms with Crippen molar-refractivity contribution in [2.45, 2.75) is 130 Å². The lowest BCUT2D eigenvalue weighted by Gasteiger charge is -2.38. The summed E-state index contributed by atoms with van der Waals surface area (Å²) in [6, 6.07) is -1.61. The summed E-state index contributed by atoms with van der Waals surface area (Å²) in [6.07, 6.45) is 13.0. The summed E-state index contributed by atoms with van der Waals surface area (Å²) in [5.74, 6) is -3.10. The number of hydrogen-bond acceptors (Lipinski definition) is 8. The fourth-order valence-electron chi connectivity index (χ4n) is 8.21. The number of nitrogens with one attached hydrogen (secondary N) is 1. The summed E-state index contributed by atoms with van der Waals surface area (Å²) >= 11 is 0. The van der Waals surface area contributed by atoms with Gasteiger partial charge in [0, 0.05) is 50.0 Å². The summed E-state index contributed by atoms with van der Waals surface area (Å²) < 4.78 is 0. The molecule has 4 rings (SSSR count). The first-order chi connectivity index (χ1) is 22.4. The highest BCUT2D eigenvalue weighted by atomic mass is 16.2. The molecule has 0 spiro atoms. The Bertz CT molecular complexity index is 1300. The summed E-state index contributed by atoms with van der Waals surface area (Å²) in [6.45, 7) is 9.71. The number of carbonyl (C=O) groups is 6. The van der Waals surface area contributed by atoms with Gasteiger partial charge >= 0.3 is 0 Å². The third kappa shape index (κ3) is 8.79. The van der Waals surface area contributed by atoms with Gasteiger partial charge < -0.3 is 10.2 Å². The van der Waals surface area contributed by atoms with E-state index in [9.17, 15) is 28.8 Å². The highest BCUT2D eigenvalue weighted by molar-refractivity contribution is 6.38. The van der Waals surface area contributed by atoms with Gasteiger partial charge in [0.1, 0.15) is 11.7 Å². The third-order valence-corrected chi connectivity index (χ3v) is 10.8. The monoisotopic (exact) mass is 650 g/mol. The van der Waals surface area contributed by atoms with Crippen LogP contribution in [0.15, 0.2) is 18.6 Å². The van der Waals surface area contributed by atoms with Gasteiger partial charge in [0.15, 0.2) is 17.3 Å². The molecule has 0 radical (unpaired) electrons. The lowest BCUT2D eigenvalue weighted by molar-refractivity contribution is -0.146. The lowest BCUT2D eigenvalue weighted by atomic mass is 9.76. The minimum absolute atomic E-state index is 0.00150. The number of ketones is 4. The Balaban J connectivity index is 1.58. The van der Waals surface area contributed by atoms with E-state index in [0.717, 1.165) is 51.4 Å². The molecule has 1 unspecified atom stereocenters. The van der Waals surface area contributed by atoms with E-state index in [1.54, 1.807) is 11.8 Å². The molecule has 2 aliphatic carbocycles. The molecule has 3 aliphatic rings. The molecule has 2 heterocycles. The molecular formula is C37H54N4O6. The van der Waals surface area contributed by atoms with E-state index in [2.05, 4.69) is 15.3 Å². The molecule has 258 valence electrons. The molecule has 1 N–H and O–H groups in total. The van der Waals surface area contributed by atoms with E-state index in [4.69, 9.17) is 0 Å². The average molecular weight is 651 g/mol. The second kappa shape index (κ2) is 16.2. The number of nitrogens with zero attached hydrogens (tertiary/aromatic N) is 3. The van der Waals surface area contributed by atoms with Crippen molar-refractivity contribution in [1.29, 1.82) is 0 Å². The van der Waals surface area contributed by atoms with Gasteiger partial charge in [-0.25, -0.2) is 4.98 Å². The van der Waals surface area contributed by atoms with Crippen molar-refractivity contribution in [3.63, 3.8) is 0 Å². The second-order valence-electron chi connectivity index (χ2n) is 15.1. The van der Waals surface area contributed by atoms with Crippen LogP contribution in [0, 0.1) is 35.0 Å². The summed E-state index contributed by atoms with van der Waals surface area (Å²) in [7, 11) is 0. The van der Waals surface area contributed by atoms with E-state index in [1.807, 2.05) is 27.7 Å². The zero-order valence-corrected chi connectivity index (χ0v) is 29.0. The smallest absolute Gasteiger partial charge is 0.246 e. The number of likely N-dealkylation sites (tertiary alicyclic amines) is 1. The molecular weight excluding hydrogens is 596 g/mol. The maximum atomic E-state index is 14.6. The Morgan fingerprint density at radius 2 is 1.66 bits per heavy atom. The number of aromatic nitrogens is 2. The first-order valence-electron chi connectivity index (χ1n) is 17.9. The van der Waals surface area contributed by atoms with E-state index < -0.39 is 40.9 Å². The maximum Gasteiger partial charge on any atom is 0.246 e. The molecule has 3 fully saturated rings. The number of rotatable bonds is 15. The molecule has 10 heteroatoms. The summed E-state index contributed by atoms with van der Waals surface area (Å²) in [5, 5.41) is 3.09. The predicted molar refractivity (Wildman–Crippen MR) is 177 cm³/mol. The number of Topliss-reactive ketones (excluding diaryl/α,β-unsaturated/α-hetero) is 4. The predicted octanol–water partition coefficient (Wildman–Crippen LogP) is 5.33. The molecule has 1 aromatic rings. The molecule has 2 saturated carbocycles. The zero-order valence-electron chi connectivity index (χ0n) is 29.0. The Morgan fingerprint density at radius 1 is 0.936 bits per heavy atom. The van der Waals surface area contributed by atoms with Crippen molar-refractivity contribution in [2.24, 2.45) is 35.0 Å². The fraction of sp³-hybridized carbons (Fsp3) is 0.730. The van der Waals surface area contributed by atoms with Crippen molar-refractivity contribution in [1.82, 2.24) is 20.2 Å². The first-order valence-corrected chi connectivity index (χ1v) is 17.9. The Hall–Kier alpha value is -3.30. The number of carbonyl (C=O) groups excluding carboxylic acids is 6. The Labute approximate surface area is 279 Å². The fourth-order valence-corrected chi connectivity index (χ4v) is 8.21. The number of amides is 2. The quantitative estimate of drug-likeness (QED) is 0.198. The van der Waals surface area contributed by atoms with Crippen molar-refractivity contribution in [3.05, 3.63) is 24.3 Å². The number of fused-ring (bicyclic) bond motifs is 1. The SMILES string of the molecule is CCC[C@H](CC(=O)[C@@H]1[C@H]2CCC[C@H]2CN1C(=O)C(NC(=O)[C@@H](CC(=O)c1cnccn1)C1CCCCC1)C(C)(C)C)C(=O)C(=O)CC. The van der Waals surface area contributed by atoms with Crippen LogP contribution in [0.1, 0.15) is 129 Å². The minimum Gasteiger partial charge on any atom is -0.344 e. The van der Waals surface area contributed by atoms with Gasteiger partial charge in [-0.2, -0.15) is 0 Å². The molecule has 10 nitrogen and oxygen atoms in total. The van der Waals surface area contributed by atoms with Crippen molar-refractivity contribution in [2.75, 3.05) is 6.54 Å². The average Bonchev–Trinajstić information content (AvgIpc) is 3.67. The van der Waals surface area contributed by atoms with Crippen molar-refractivity contribution < 1.29 is 28.8 Å². The van der Waals surface area contributed by atoms with E-state index in [0.29, 0.717) is 19.4 Å². The highest BCUT2D eigenvalue weighted by Crippen LogP contribution is 2.44. The molecule has 1 saturated heterocycles. The van der Waals surface area contributed by atoms with Crippen LogP contribution in [0.25, 0.3) is 0 Å². The van der Waals surface area contributed by atoms with E-state index in [1.165, 1.54) is 18.6 Å². The van der Waals surface area contributed by atoms with Crippen molar-refractivity contribution >= 4 is 34.9 Å². The van der Waals surface area contributed by atoms with Crippen LogP contribution >= 0.6 is 0 Å². The molecule has 6 atom stereocenters. The summed E-state index contributed by atoms with van der Waals surface area (Å²) in [5.41, 5.74) is -0.465. The van der Waals surface area contributed by atoms with Crippen LogP contribution in [0.3, 0.4) is 0 Å². The zero-order chi connectivity index (χ0) is 34.3. The van der Waals surface area contributed by atoms with Gasteiger partial charge in [-0.1, -0.05) is 66.7 Å². The van der Waals surface area contributed by atoms with Gasteiger partial charge in [0.05, 0.1) is 12.2 Å². The normalized spacial score (nSPS) is 23.4. The number of hydrogen-bond donors (Lipinski definition) is 1. The Morgan fingerprint density at radius 3 is 2.28 bits per heavy atom. The molecule has 0 aromatic carbocycles. The van der Waals surface area contributed by atoms with Crippen LogP contribution in [0.2, 0.25) is 0 Å². The summed E-state index contributed by atoms with van der Waals surface area (Å²) in [4.78, 5) is 91.1. The van der Waals surface area contributed by atoms with Crippen LogP contribution in [-0.4, -0.2) is 68.4 Å². The molecule has 1 aliphatic heterocycles. The topological polar surface area (TPSA) is 143 Å². The highest BCUT2D eigenvalue weighted by Gasteiger charge is 2.52. The minimum atomic E-state index is -0.920. The van der Waals surface area contributed by atoms with Crippen LogP contribution in [0.5, 0.6) is 0 Å².